The maximum atomic E-state index is 11.9. The van der Waals surface area contributed by atoms with E-state index in [-0.39, 0.29) is 12.5 Å². The number of nitrogens with one attached hydrogen (secondary N) is 2. The van der Waals surface area contributed by atoms with Gasteiger partial charge in [0.05, 0.1) is 6.54 Å². The summed E-state index contributed by atoms with van der Waals surface area (Å²) in [5.74, 6) is 1.62. The van der Waals surface area contributed by atoms with Crippen LogP contribution in [0.15, 0.2) is 18.3 Å². The molecule has 0 saturated heterocycles. The highest BCUT2D eigenvalue weighted by atomic mass is 35.5. The first kappa shape index (κ1) is 14.3. The molecule has 0 saturated carbocycles. The Kier molecular flexibility index (Phi) is 3.63. The predicted molar refractivity (Wildman–Crippen MR) is 79.6 cm³/mol. The van der Waals surface area contributed by atoms with Gasteiger partial charge in [-0.1, -0.05) is 11.6 Å². The second kappa shape index (κ2) is 5.60. The normalized spacial score (nSPS) is 10.9. The lowest BCUT2D eigenvalue weighted by Crippen LogP contribution is -2.29. The van der Waals surface area contributed by atoms with Crippen molar-refractivity contribution < 1.29 is 4.79 Å². The molecule has 0 spiro atoms. The molecular weight excluding hydrogens is 308 g/mol. The summed E-state index contributed by atoms with van der Waals surface area (Å²) in [7, 11) is 1.83. The minimum absolute atomic E-state index is 0.189. The number of rotatable bonds is 3. The molecule has 3 rings (SSSR count). The molecule has 0 aliphatic heterocycles. The summed E-state index contributed by atoms with van der Waals surface area (Å²) in [5, 5.41) is 17.8. The van der Waals surface area contributed by atoms with Crippen molar-refractivity contribution in [2.45, 2.75) is 13.5 Å². The van der Waals surface area contributed by atoms with Crippen molar-refractivity contribution >= 4 is 29.2 Å². The van der Waals surface area contributed by atoms with Gasteiger partial charge in [-0.15, -0.1) is 15.3 Å². The van der Waals surface area contributed by atoms with Crippen molar-refractivity contribution in [3.63, 3.8) is 0 Å². The van der Waals surface area contributed by atoms with Crippen LogP contribution in [-0.4, -0.2) is 35.4 Å². The van der Waals surface area contributed by atoms with Crippen LogP contribution in [0.1, 0.15) is 11.6 Å². The van der Waals surface area contributed by atoms with Crippen LogP contribution in [0.2, 0.25) is 5.02 Å². The Labute approximate surface area is 130 Å². The van der Waals surface area contributed by atoms with E-state index in [4.69, 9.17) is 11.6 Å². The van der Waals surface area contributed by atoms with Crippen LogP contribution in [0.3, 0.4) is 0 Å². The zero-order valence-corrected chi connectivity index (χ0v) is 12.7. The monoisotopic (exact) mass is 320 g/mol. The number of urea groups is 1. The molecule has 2 N–H and O–H groups in total. The van der Waals surface area contributed by atoms with Gasteiger partial charge in [0.1, 0.15) is 5.82 Å². The molecule has 114 valence electrons. The maximum absolute atomic E-state index is 11.9. The number of hydrogen-bond acceptors (Lipinski definition) is 5. The number of amides is 2. The molecule has 10 heteroatoms. The first-order valence-corrected chi connectivity index (χ1v) is 6.82. The smallest absolute Gasteiger partial charge is 0.322 e. The number of nitrogens with zero attached hydrogens (tertiary/aromatic N) is 6. The van der Waals surface area contributed by atoms with Gasteiger partial charge in [0, 0.05) is 24.3 Å². The van der Waals surface area contributed by atoms with E-state index < -0.39 is 6.03 Å². The molecule has 0 aliphatic carbocycles. The van der Waals surface area contributed by atoms with E-state index in [2.05, 4.69) is 30.9 Å². The molecule has 9 nitrogen and oxygen atoms in total. The van der Waals surface area contributed by atoms with Crippen LogP contribution in [0, 0.1) is 6.92 Å². The van der Waals surface area contributed by atoms with Crippen molar-refractivity contribution in [1.82, 2.24) is 34.7 Å². The van der Waals surface area contributed by atoms with E-state index in [1.54, 1.807) is 22.9 Å². The molecule has 0 fully saturated rings. The van der Waals surface area contributed by atoms with Crippen LogP contribution in [-0.2, 0) is 13.6 Å². The number of pyridine rings is 1. The Bertz CT molecular complexity index is 839. The summed E-state index contributed by atoms with van der Waals surface area (Å²) in [6.07, 6.45) is 1.66. The molecule has 0 atom stereocenters. The maximum Gasteiger partial charge on any atom is 0.322 e. The Balaban J connectivity index is 1.64. The van der Waals surface area contributed by atoms with Gasteiger partial charge in [-0.3, -0.25) is 5.32 Å². The molecule has 0 radical (unpaired) electrons. The molecule has 0 aromatic carbocycles. The topological polar surface area (TPSA) is 102 Å². The van der Waals surface area contributed by atoms with Crippen LogP contribution in [0.5, 0.6) is 0 Å². The fourth-order valence-electron chi connectivity index (χ4n) is 1.82. The van der Waals surface area contributed by atoms with Crippen molar-refractivity contribution in [2.75, 3.05) is 5.32 Å². The fraction of sp³-hybridized carbons (Fsp3) is 0.250. The highest BCUT2D eigenvalue weighted by molar-refractivity contribution is 6.30. The van der Waals surface area contributed by atoms with E-state index in [0.717, 1.165) is 5.82 Å². The van der Waals surface area contributed by atoms with E-state index in [0.29, 0.717) is 16.5 Å². The molecule has 0 bridgehead atoms. The van der Waals surface area contributed by atoms with Crippen LogP contribution >= 0.6 is 11.6 Å². The van der Waals surface area contributed by atoms with Gasteiger partial charge in [0.15, 0.2) is 11.5 Å². The summed E-state index contributed by atoms with van der Waals surface area (Å²) in [5.41, 5.74) is 0.548. The number of aryl methyl sites for hydroxylation is 1. The van der Waals surface area contributed by atoms with E-state index in [9.17, 15) is 4.79 Å². The minimum atomic E-state index is -0.428. The number of halogens is 1. The third kappa shape index (κ3) is 2.84. The lowest BCUT2D eigenvalue weighted by atomic mass is 10.5. The molecule has 3 heterocycles. The zero-order chi connectivity index (χ0) is 15.7. The number of anilines is 1. The number of fused-ring (bicyclic) bond motifs is 1. The first-order valence-electron chi connectivity index (χ1n) is 6.44. The van der Waals surface area contributed by atoms with Gasteiger partial charge < -0.3 is 9.88 Å². The average molecular weight is 321 g/mol. The largest absolute Gasteiger partial charge is 0.330 e. The predicted octanol–water partition coefficient (Wildman–Crippen LogP) is 1.14. The molecule has 2 amide bonds. The van der Waals surface area contributed by atoms with Gasteiger partial charge in [-0.2, -0.15) is 4.98 Å². The number of aromatic nitrogens is 6. The highest BCUT2D eigenvalue weighted by Gasteiger charge is 2.10. The molecular formula is C12H13ClN8O. The lowest BCUT2D eigenvalue weighted by molar-refractivity contribution is 0.251. The Hall–Kier alpha value is -2.68. The highest BCUT2D eigenvalue weighted by Crippen LogP contribution is 2.12. The Morgan fingerprint density at radius 3 is 2.95 bits per heavy atom. The van der Waals surface area contributed by atoms with Crippen molar-refractivity contribution in [3.8, 4) is 0 Å². The van der Waals surface area contributed by atoms with Gasteiger partial charge in [-0.05, 0) is 13.0 Å². The summed E-state index contributed by atoms with van der Waals surface area (Å²) >= 11 is 5.87. The average Bonchev–Trinajstić information content (AvgIpc) is 3.01. The van der Waals surface area contributed by atoms with Crippen LogP contribution < -0.4 is 10.6 Å². The molecule has 0 unspecified atom stereocenters. The van der Waals surface area contributed by atoms with Crippen LogP contribution in [0.4, 0.5) is 10.7 Å². The van der Waals surface area contributed by atoms with Crippen molar-refractivity contribution in [2.24, 2.45) is 7.05 Å². The van der Waals surface area contributed by atoms with E-state index in [1.807, 2.05) is 14.0 Å². The van der Waals surface area contributed by atoms with Gasteiger partial charge in [0.2, 0.25) is 0 Å². The van der Waals surface area contributed by atoms with Gasteiger partial charge in [0.25, 0.3) is 5.95 Å². The standard InChI is InChI=1S/C12H13ClN8O/c1-7-17-18-10(20(7)2)6-14-12(22)16-11-15-9-5-8(13)3-4-21(9)19-11/h3-5H,6H2,1-2H3,(H2,14,16,19,22). The summed E-state index contributed by atoms with van der Waals surface area (Å²) in [6, 6.07) is 2.91. The molecule has 0 aliphatic rings. The van der Waals surface area contributed by atoms with Gasteiger partial charge in [-0.25, -0.2) is 9.31 Å². The second-order valence-corrected chi connectivity index (χ2v) is 5.05. The SMILES string of the molecule is Cc1nnc(CNC(=O)Nc2nc3cc(Cl)ccn3n2)n1C. The Morgan fingerprint density at radius 2 is 2.23 bits per heavy atom. The number of carbonyl (C=O) groups is 1. The molecule has 22 heavy (non-hydrogen) atoms. The summed E-state index contributed by atoms with van der Waals surface area (Å²) in [4.78, 5) is 16.0. The lowest BCUT2D eigenvalue weighted by Gasteiger charge is -2.04. The van der Waals surface area contributed by atoms with Crippen molar-refractivity contribution in [3.05, 3.63) is 35.0 Å². The number of hydrogen-bond donors (Lipinski definition) is 2. The first-order chi connectivity index (χ1) is 10.5. The van der Waals surface area contributed by atoms with E-state index >= 15 is 0 Å². The molecule has 3 aromatic rings. The quantitative estimate of drug-likeness (QED) is 0.753. The van der Waals surface area contributed by atoms with Crippen LogP contribution in [0.25, 0.3) is 5.65 Å². The number of carbonyl (C=O) groups excluding carboxylic acids is 1. The van der Waals surface area contributed by atoms with Crippen molar-refractivity contribution in [1.29, 1.82) is 0 Å². The fourth-order valence-corrected chi connectivity index (χ4v) is 1.97. The van der Waals surface area contributed by atoms with E-state index in [1.165, 1.54) is 4.52 Å². The summed E-state index contributed by atoms with van der Waals surface area (Å²) < 4.78 is 3.32. The zero-order valence-electron chi connectivity index (χ0n) is 11.9. The summed E-state index contributed by atoms with van der Waals surface area (Å²) in [6.45, 7) is 2.09. The molecule has 3 aromatic heterocycles. The Morgan fingerprint density at radius 1 is 1.41 bits per heavy atom. The third-order valence-electron chi connectivity index (χ3n) is 3.11. The second-order valence-electron chi connectivity index (χ2n) is 4.61. The van der Waals surface area contributed by atoms with Gasteiger partial charge >= 0.3 is 6.03 Å². The minimum Gasteiger partial charge on any atom is -0.330 e. The third-order valence-corrected chi connectivity index (χ3v) is 3.35.